The largest absolute Gasteiger partial charge is 0.481 e. The van der Waals surface area contributed by atoms with Crippen molar-refractivity contribution in [3.8, 4) is 0 Å². The molecule has 2 unspecified atom stereocenters. The molecular weight excluding hydrogens is 944 g/mol. The molecule has 2 fully saturated rings. The van der Waals surface area contributed by atoms with Crippen molar-refractivity contribution in [1.29, 1.82) is 0 Å². The number of aromatic nitrogens is 2. The highest BCUT2D eigenvalue weighted by molar-refractivity contribution is 7.61. The lowest BCUT2D eigenvalue weighted by molar-refractivity contribution is -0.188. The van der Waals surface area contributed by atoms with E-state index in [1.165, 1.54) is 43.7 Å². The van der Waals surface area contributed by atoms with Gasteiger partial charge in [-0.3, -0.25) is 28.0 Å². The van der Waals surface area contributed by atoms with Crippen LogP contribution in [0, 0.1) is 17.8 Å². The van der Waals surface area contributed by atoms with E-state index in [1.807, 2.05) is 6.92 Å². The van der Waals surface area contributed by atoms with Gasteiger partial charge < -0.3 is 50.2 Å². The SMILES string of the molecule is CCCCC[C@H](O)/C=C/[C@H]1C(=O)C[C@H](O)[C@@H]2CCCCCCC(=O)OC[C@@H](OC(=O)CCCCCCCCCCC(C)C)COP(=O)(O)OP(=O)(O)OC[C@@H](O[C@H]2n2ccc(N)nc2=O)[C@@H](O)[C@H]1O. The third-order valence-corrected chi connectivity index (χ3v) is 14.8. The minimum Gasteiger partial charge on any atom is -0.462 e. The first kappa shape index (κ1) is 60.4. The van der Waals surface area contributed by atoms with Crippen molar-refractivity contribution in [1.82, 2.24) is 9.55 Å². The van der Waals surface area contributed by atoms with Crippen LogP contribution in [0.15, 0.2) is 29.2 Å². The van der Waals surface area contributed by atoms with Crippen molar-refractivity contribution in [3.05, 3.63) is 34.9 Å². The summed E-state index contributed by atoms with van der Waals surface area (Å²) in [5.41, 5.74) is 4.77. The molecule has 0 radical (unpaired) electrons. The molecule has 2 saturated heterocycles. The van der Waals surface area contributed by atoms with Gasteiger partial charge >= 0.3 is 33.3 Å². The van der Waals surface area contributed by atoms with Gasteiger partial charge in [0.15, 0.2) is 6.10 Å². The van der Waals surface area contributed by atoms with Crippen molar-refractivity contribution >= 4 is 39.2 Å². The van der Waals surface area contributed by atoms with Gasteiger partial charge in [0.05, 0.1) is 37.4 Å². The number of unbranched alkanes of at least 4 members (excludes halogenated alkanes) is 9. The van der Waals surface area contributed by atoms with E-state index in [0.717, 1.165) is 49.5 Å². The summed E-state index contributed by atoms with van der Waals surface area (Å²) >= 11 is 0. The minimum atomic E-state index is -5.71. The summed E-state index contributed by atoms with van der Waals surface area (Å²) in [6.07, 6.45) is 4.57. The molecule has 0 amide bonds. The molecule has 2 aliphatic heterocycles. The Bertz CT molecular complexity index is 1890. The number of phosphoric acid groups is 2. The van der Waals surface area contributed by atoms with Crippen LogP contribution in [0.2, 0.25) is 0 Å². The summed E-state index contributed by atoms with van der Waals surface area (Å²) in [6.45, 7) is 3.69. The lowest BCUT2D eigenvalue weighted by Gasteiger charge is -2.39. The van der Waals surface area contributed by atoms with Crippen LogP contribution in [-0.4, -0.2) is 114 Å². The Morgan fingerprint density at radius 3 is 2.19 bits per heavy atom. The highest BCUT2D eigenvalue weighted by Crippen LogP contribution is 2.60. The standard InChI is InChI=1S/C46H79N3O18P2/c1-4-5-14-20-33(50)24-25-35-37(51)28-38(52)36-21-16-12-13-17-22-41(53)62-29-34(65-42(54)23-18-11-9-7-6-8-10-15-19-32(2)3)30-63-68(58,59)67-69(60,61)64-31-39(44(56)43(35)55)66-45(36)49-27-26-40(47)48-46(49)57/h24-27,32-36,38-39,43-45,50,52,55-56H,4-23,28-31H2,1-3H3,(H,58,59)(H,60,61)(H2,47,48,57)/b25-24+/t33-,34+,35-,36-,38-,39+,43-,44+,45+/m0/s1. The summed E-state index contributed by atoms with van der Waals surface area (Å²) in [5.74, 6) is -4.35. The zero-order valence-electron chi connectivity index (χ0n) is 40.5. The fraction of sp³-hybridized carbons (Fsp3) is 0.804. The fourth-order valence-corrected chi connectivity index (χ4v) is 10.3. The summed E-state index contributed by atoms with van der Waals surface area (Å²) in [5, 5.41) is 45.7. The number of anilines is 1. The molecule has 0 aliphatic carbocycles. The number of Topliss-reactive ketones (excluding diaryl/α,β-unsaturated/α-hetero) is 1. The van der Waals surface area contributed by atoms with Gasteiger partial charge in [-0.15, -0.1) is 0 Å². The molecule has 23 heteroatoms. The van der Waals surface area contributed by atoms with E-state index < -0.39 is 120 Å². The highest BCUT2D eigenvalue weighted by Gasteiger charge is 2.45. The first-order valence-electron chi connectivity index (χ1n) is 24.7. The average Bonchev–Trinajstić information content (AvgIpc) is 3.27. The molecule has 21 nitrogen and oxygen atoms in total. The van der Waals surface area contributed by atoms with Gasteiger partial charge in [-0.05, 0) is 37.7 Å². The second-order valence-corrected chi connectivity index (χ2v) is 21.6. The number of esters is 2. The number of nitrogens with two attached hydrogens (primary N) is 1. The monoisotopic (exact) mass is 1020 g/mol. The molecule has 1 aromatic heterocycles. The molecule has 11 atom stereocenters. The Labute approximate surface area is 405 Å². The number of aliphatic hydroxyl groups excluding tert-OH is 4. The summed E-state index contributed by atoms with van der Waals surface area (Å²) < 4.78 is 58.9. The smallest absolute Gasteiger partial charge is 0.462 e. The zero-order chi connectivity index (χ0) is 51.0. The van der Waals surface area contributed by atoms with Crippen LogP contribution in [-0.2, 0) is 51.1 Å². The van der Waals surface area contributed by atoms with Crippen molar-refractivity contribution in [2.75, 3.05) is 25.6 Å². The van der Waals surface area contributed by atoms with Crippen LogP contribution in [0.5, 0.6) is 0 Å². The molecule has 396 valence electrons. The molecule has 8 N–H and O–H groups in total. The van der Waals surface area contributed by atoms with Crippen LogP contribution < -0.4 is 11.4 Å². The number of nitrogens with zero attached hydrogens (tertiary/aromatic N) is 2. The predicted molar refractivity (Wildman–Crippen MR) is 253 cm³/mol. The number of carbonyl (C=O) groups is 3. The first-order chi connectivity index (χ1) is 32.7. The maximum atomic E-state index is 14.0. The zero-order valence-corrected chi connectivity index (χ0v) is 42.3. The van der Waals surface area contributed by atoms with Crippen LogP contribution in [0.1, 0.15) is 162 Å². The second kappa shape index (κ2) is 31.5. The van der Waals surface area contributed by atoms with Gasteiger partial charge in [-0.25, -0.2) is 13.9 Å². The van der Waals surface area contributed by atoms with Crippen molar-refractivity contribution in [2.24, 2.45) is 17.8 Å². The van der Waals surface area contributed by atoms with E-state index in [4.69, 9.17) is 29.0 Å². The minimum absolute atomic E-state index is 0.00397. The third-order valence-electron chi connectivity index (χ3n) is 12.2. The van der Waals surface area contributed by atoms with E-state index in [1.54, 1.807) is 0 Å². The summed E-state index contributed by atoms with van der Waals surface area (Å²) in [4.78, 5) is 78.0. The number of fused-ring (bicyclic) bond motifs is 3. The normalized spacial score (nSPS) is 30.4. The Morgan fingerprint density at radius 1 is 0.884 bits per heavy atom. The molecule has 3 rings (SSSR count). The van der Waals surface area contributed by atoms with Gasteiger partial charge in [0.25, 0.3) is 0 Å². The van der Waals surface area contributed by atoms with E-state index in [0.29, 0.717) is 50.9 Å². The average molecular weight is 1020 g/mol. The summed E-state index contributed by atoms with van der Waals surface area (Å²) in [6, 6.07) is 1.24. The number of ketones is 1. The number of hydrogen-bond acceptors (Lipinski definition) is 18. The number of nitrogen functional groups attached to an aromatic ring is 1. The number of phosphoric ester groups is 2. The predicted octanol–water partition coefficient (Wildman–Crippen LogP) is 6.11. The lowest BCUT2D eigenvalue weighted by Crippen LogP contribution is -2.51. The Balaban J connectivity index is 1.88. The Hall–Kier alpha value is -2.91. The number of hydrogen-bond donors (Lipinski definition) is 7. The van der Waals surface area contributed by atoms with E-state index in [9.17, 15) is 58.5 Å². The Morgan fingerprint density at radius 2 is 1.52 bits per heavy atom. The maximum absolute atomic E-state index is 14.0. The second-order valence-electron chi connectivity index (χ2n) is 18.6. The van der Waals surface area contributed by atoms with E-state index >= 15 is 0 Å². The van der Waals surface area contributed by atoms with E-state index in [-0.39, 0.29) is 25.1 Å². The van der Waals surface area contributed by atoms with Gasteiger partial charge in [0.2, 0.25) is 0 Å². The van der Waals surface area contributed by atoms with Crippen LogP contribution in [0.25, 0.3) is 0 Å². The summed E-state index contributed by atoms with van der Waals surface area (Å²) in [7, 11) is -11.3. The third kappa shape index (κ3) is 23.5. The molecule has 3 heterocycles. The number of rotatable bonds is 19. The molecule has 2 bridgehead atoms. The molecule has 0 spiro atoms. The van der Waals surface area contributed by atoms with Crippen LogP contribution >= 0.6 is 15.6 Å². The Kier molecular flexibility index (Phi) is 27.6. The van der Waals surface area contributed by atoms with Gasteiger partial charge in [-0.1, -0.05) is 123 Å². The van der Waals surface area contributed by atoms with Crippen LogP contribution in [0.4, 0.5) is 5.82 Å². The van der Waals surface area contributed by atoms with Crippen LogP contribution in [0.3, 0.4) is 0 Å². The lowest BCUT2D eigenvalue weighted by atomic mass is 9.83. The molecule has 0 aromatic carbocycles. The maximum Gasteiger partial charge on any atom is 0.481 e. The molecule has 1 aromatic rings. The first-order valence-corrected chi connectivity index (χ1v) is 27.7. The molecular formula is C46H79N3O18P2. The number of ether oxygens (including phenoxy) is 3. The number of cyclic esters (lactones) is 1. The van der Waals surface area contributed by atoms with Gasteiger partial charge in [0.1, 0.15) is 36.6 Å². The molecule has 0 saturated carbocycles. The highest BCUT2D eigenvalue weighted by atomic mass is 31.3. The van der Waals surface area contributed by atoms with Crippen molar-refractivity contribution in [2.45, 2.75) is 198 Å². The van der Waals surface area contributed by atoms with Gasteiger partial charge in [-0.2, -0.15) is 9.29 Å². The topological polar surface area (TPSA) is 323 Å². The van der Waals surface area contributed by atoms with Crippen molar-refractivity contribution in [3.63, 3.8) is 0 Å². The molecule has 2 aliphatic rings. The number of carbonyl (C=O) groups excluding carboxylic acids is 3. The van der Waals surface area contributed by atoms with E-state index in [2.05, 4.69) is 23.1 Å². The van der Waals surface area contributed by atoms with Gasteiger partial charge in [0, 0.05) is 31.4 Å². The number of aliphatic hydroxyl groups is 4. The molecule has 69 heavy (non-hydrogen) atoms. The quantitative estimate of drug-likeness (QED) is 0.0355. The van der Waals surface area contributed by atoms with Crippen molar-refractivity contribution < 1.29 is 81.3 Å². The fourth-order valence-electron chi connectivity index (χ4n) is 8.23.